The number of para-hydroxylation sites is 1. The molecule has 18 heavy (non-hydrogen) atoms. The third kappa shape index (κ3) is 1.74. The highest BCUT2D eigenvalue weighted by atomic mass is 32.1. The lowest BCUT2D eigenvalue weighted by Crippen LogP contribution is -1.94. The Morgan fingerprint density at radius 1 is 1.33 bits per heavy atom. The van der Waals surface area contributed by atoms with E-state index in [1.807, 2.05) is 0 Å². The smallest absolute Gasteiger partial charge is 0.260 e. The van der Waals surface area contributed by atoms with Gasteiger partial charge in [-0.3, -0.25) is 0 Å². The molecule has 0 aliphatic carbocycles. The second kappa shape index (κ2) is 4.19. The Kier molecular flexibility index (Phi) is 2.52. The number of benzene rings is 1. The van der Waals surface area contributed by atoms with Crippen LogP contribution < -0.4 is 5.73 Å². The van der Waals surface area contributed by atoms with Crippen LogP contribution >= 0.6 is 11.3 Å². The fraction of sp³-hybridized carbons (Fsp3) is 0. The summed E-state index contributed by atoms with van der Waals surface area (Å²) in [6.45, 7) is 0. The molecule has 2 N–H and O–H groups in total. The minimum absolute atomic E-state index is 0.00835. The van der Waals surface area contributed by atoms with Gasteiger partial charge in [0, 0.05) is 5.38 Å². The number of hydrogen-bond acceptors (Lipinski definition) is 6. The van der Waals surface area contributed by atoms with E-state index in [1.165, 1.54) is 23.5 Å². The van der Waals surface area contributed by atoms with Gasteiger partial charge in [0.15, 0.2) is 0 Å². The normalized spacial score (nSPS) is 10.7. The molecule has 3 aromatic rings. The van der Waals surface area contributed by atoms with Crippen LogP contribution in [0.4, 0.5) is 10.1 Å². The molecule has 0 aliphatic rings. The lowest BCUT2D eigenvalue weighted by molar-refractivity contribution is 0.432. The Balaban J connectivity index is 2.06. The van der Waals surface area contributed by atoms with E-state index in [2.05, 4.69) is 15.1 Å². The predicted molar refractivity (Wildman–Crippen MR) is 65.2 cm³/mol. The molecule has 0 saturated carbocycles. The summed E-state index contributed by atoms with van der Waals surface area (Å²) in [6, 6.07) is 4.43. The summed E-state index contributed by atoms with van der Waals surface area (Å²) >= 11 is 1.43. The molecule has 2 aromatic heterocycles. The maximum absolute atomic E-state index is 13.3. The zero-order valence-electron chi connectivity index (χ0n) is 9.00. The maximum Gasteiger partial charge on any atom is 0.260 e. The number of aromatic nitrogens is 3. The fourth-order valence-corrected chi connectivity index (χ4v) is 2.01. The van der Waals surface area contributed by atoms with Crippen LogP contribution in [0.5, 0.6) is 0 Å². The molecule has 0 radical (unpaired) electrons. The van der Waals surface area contributed by atoms with Crippen molar-refractivity contribution in [1.29, 1.82) is 0 Å². The van der Waals surface area contributed by atoms with E-state index in [0.717, 1.165) is 0 Å². The van der Waals surface area contributed by atoms with Crippen LogP contribution in [0.1, 0.15) is 0 Å². The van der Waals surface area contributed by atoms with Crippen molar-refractivity contribution in [2.45, 2.75) is 0 Å². The minimum Gasteiger partial charge on any atom is -0.396 e. The first kappa shape index (κ1) is 10.8. The van der Waals surface area contributed by atoms with Gasteiger partial charge in [0.2, 0.25) is 5.82 Å². The van der Waals surface area contributed by atoms with Gasteiger partial charge in [-0.2, -0.15) is 4.98 Å². The Labute approximate surface area is 105 Å². The topological polar surface area (TPSA) is 77.8 Å². The highest BCUT2D eigenvalue weighted by Crippen LogP contribution is 2.28. The molecule has 1 aromatic carbocycles. The van der Waals surface area contributed by atoms with Crippen LogP contribution in [0.2, 0.25) is 0 Å². The Hall–Kier alpha value is -2.28. The van der Waals surface area contributed by atoms with E-state index in [0.29, 0.717) is 17.1 Å². The third-order valence-electron chi connectivity index (χ3n) is 2.37. The molecule has 0 atom stereocenters. The number of rotatable bonds is 2. The number of nitrogens with two attached hydrogens (primary N) is 1. The molecule has 0 aliphatic heterocycles. The van der Waals surface area contributed by atoms with E-state index >= 15 is 0 Å². The van der Waals surface area contributed by atoms with E-state index in [4.69, 9.17) is 10.3 Å². The second-order valence-corrected chi connectivity index (χ2v) is 4.22. The Morgan fingerprint density at radius 3 is 3.00 bits per heavy atom. The van der Waals surface area contributed by atoms with E-state index in [1.54, 1.807) is 17.0 Å². The average molecular weight is 262 g/mol. The van der Waals surface area contributed by atoms with Crippen molar-refractivity contribution in [2.24, 2.45) is 0 Å². The molecule has 0 saturated heterocycles. The summed E-state index contributed by atoms with van der Waals surface area (Å²) in [6.07, 6.45) is 0. The Morgan fingerprint density at radius 2 is 2.22 bits per heavy atom. The van der Waals surface area contributed by atoms with Crippen LogP contribution in [-0.2, 0) is 0 Å². The summed E-state index contributed by atoms with van der Waals surface area (Å²) in [4.78, 5) is 8.21. The van der Waals surface area contributed by atoms with Crippen LogP contribution in [0.15, 0.2) is 33.6 Å². The lowest BCUT2D eigenvalue weighted by Gasteiger charge is -2.00. The van der Waals surface area contributed by atoms with Crippen molar-refractivity contribution in [3.8, 4) is 23.0 Å². The first-order valence-electron chi connectivity index (χ1n) is 5.02. The van der Waals surface area contributed by atoms with Crippen molar-refractivity contribution in [3.63, 3.8) is 0 Å². The molecular formula is C11H7FN4OS. The largest absolute Gasteiger partial charge is 0.396 e. The maximum atomic E-state index is 13.3. The Bertz CT molecular complexity index is 680. The minimum atomic E-state index is -0.513. The van der Waals surface area contributed by atoms with Crippen LogP contribution in [0.25, 0.3) is 23.0 Å². The van der Waals surface area contributed by atoms with Crippen LogP contribution in [0.3, 0.4) is 0 Å². The van der Waals surface area contributed by atoms with Crippen molar-refractivity contribution in [3.05, 3.63) is 34.9 Å². The van der Waals surface area contributed by atoms with Gasteiger partial charge >= 0.3 is 0 Å². The van der Waals surface area contributed by atoms with Crippen molar-refractivity contribution in [2.75, 3.05) is 5.73 Å². The molecule has 0 amide bonds. The molecule has 5 nitrogen and oxygen atoms in total. The van der Waals surface area contributed by atoms with Crippen LogP contribution in [-0.4, -0.2) is 15.1 Å². The van der Waals surface area contributed by atoms with Gasteiger partial charge in [-0.15, -0.1) is 11.3 Å². The number of thiazole rings is 1. The first-order valence-corrected chi connectivity index (χ1v) is 5.96. The van der Waals surface area contributed by atoms with E-state index in [-0.39, 0.29) is 11.6 Å². The molecule has 0 fully saturated rings. The molecule has 0 spiro atoms. The van der Waals surface area contributed by atoms with Crippen molar-refractivity contribution < 1.29 is 8.91 Å². The SMILES string of the molecule is Nc1c(F)cccc1-c1nc(-c2cscn2)no1. The third-order valence-corrected chi connectivity index (χ3v) is 2.96. The first-order chi connectivity index (χ1) is 8.75. The molecule has 7 heteroatoms. The van der Waals surface area contributed by atoms with Gasteiger partial charge in [-0.1, -0.05) is 11.2 Å². The van der Waals surface area contributed by atoms with Gasteiger partial charge in [0.1, 0.15) is 11.5 Å². The van der Waals surface area contributed by atoms with Gasteiger partial charge in [-0.25, -0.2) is 9.37 Å². The van der Waals surface area contributed by atoms with E-state index in [9.17, 15) is 4.39 Å². The molecule has 90 valence electrons. The van der Waals surface area contributed by atoms with Crippen molar-refractivity contribution in [1.82, 2.24) is 15.1 Å². The predicted octanol–water partition coefficient (Wildman–Crippen LogP) is 2.58. The zero-order valence-corrected chi connectivity index (χ0v) is 9.82. The highest BCUT2D eigenvalue weighted by molar-refractivity contribution is 7.07. The van der Waals surface area contributed by atoms with Crippen molar-refractivity contribution >= 4 is 17.0 Å². The lowest BCUT2D eigenvalue weighted by atomic mass is 10.2. The molecule has 0 bridgehead atoms. The summed E-state index contributed by atoms with van der Waals surface area (Å²) in [5.41, 5.74) is 8.28. The quantitative estimate of drug-likeness (QED) is 0.718. The summed E-state index contributed by atoms with van der Waals surface area (Å²) in [5.74, 6) is 0.0193. The summed E-state index contributed by atoms with van der Waals surface area (Å²) < 4.78 is 18.4. The molecule has 2 heterocycles. The monoisotopic (exact) mass is 262 g/mol. The highest BCUT2D eigenvalue weighted by Gasteiger charge is 2.15. The number of anilines is 1. The van der Waals surface area contributed by atoms with E-state index < -0.39 is 5.82 Å². The fourth-order valence-electron chi connectivity index (χ4n) is 1.48. The van der Waals surface area contributed by atoms with Gasteiger partial charge in [0.25, 0.3) is 5.89 Å². The number of nitrogens with zero attached hydrogens (tertiary/aromatic N) is 3. The number of hydrogen-bond donors (Lipinski definition) is 1. The number of nitrogen functional groups attached to an aromatic ring is 1. The van der Waals surface area contributed by atoms with Crippen LogP contribution in [0, 0.1) is 5.82 Å². The van der Waals surface area contributed by atoms with Gasteiger partial charge in [-0.05, 0) is 12.1 Å². The molecule has 0 unspecified atom stereocenters. The second-order valence-electron chi connectivity index (χ2n) is 3.50. The summed E-state index contributed by atoms with van der Waals surface area (Å²) in [7, 11) is 0. The average Bonchev–Trinajstić information content (AvgIpc) is 3.01. The standard InChI is InChI=1S/C11H7FN4OS/c12-7-3-1-2-6(9(7)13)11-15-10(16-17-11)8-4-18-5-14-8/h1-5H,13H2. The number of halogens is 1. The summed E-state index contributed by atoms with van der Waals surface area (Å²) in [5, 5.41) is 5.58. The molecule has 3 rings (SSSR count). The van der Waals surface area contributed by atoms with Gasteiger partial charge in [0.05, 0.1) is 16.8 Å². The molecular weight excluding hydrogens is 255 g/mol. The van der Waals surface area contributed by atoms with Gasteiger partial charge < -0.3 is 10.3 Å². The zero-order chi connectivity index (χ0) is 12.5.